The molecule has 2 aromatic carbocycles. The fraction of sp³-hybridized carbons (Fsp3) is 0.211. The summed E-state index contributed by atoms with van der Waals surface area (Å²) >= 11 is 0. The van der Waals surface area contributed by atoms with Gasteiger partial charge in [0, 0.05) is 19.8 Å². The van der Waals surface area contributed by atoms with E-state index in [1.807, 2.05) is 25.1 Å². The van der Waals surface area contributed by atoms with Crippen LogP contribution in [0, 0.1) is 11.3 Å². The average molecular weight is 337 g/mol. The van der Waals surface area contributed by atoms with Crippen LogP contribution in [0.1, 0.15) is 22.8 Å². The smallest absolute Gasteiger partial charge is 0.338 e. The van der Waals surface area contributed by atoms with E-state index in [1.165, 1.54) is 6.92 Å². The Morgan fingerprint density at radius 3 is 2.36 bits per heavy atom. The molecule has 0 saturated carbocycles. The first kappa shape index (κ1) is 18.0. The number of nitrogens with zero attached hydrogens (tertiary/aromatic N) is 2. The minimum Gasteiger partial charge on any atom is -0.449 e. The summed E-state index contributed by atoms with van der Waals surface area (Å²) < 4.78 is 5.20. The molecule has 1 N–H and O–H groups in total. The summed E-state index contributed by atoms with van der Waals surface area (Å²) in [6.45, 7) is 1.48. The maximum absolute atomic E-state index is 12.2. The van der Waals surface area contributed by atoms with Gasteiger partial charge in [0.05, 0.1) is 16.8 Å². The number of carbonyl (C=O) groups is 2. The normalized spacial score (nSPS) is 11.1. The van der Waals surface area contributed by atoms with Gasteiger partial charge in [-0.1, -0.05) is 12.1 Å². The molecule has 0 spiro atoms. The minimum absolute atomic E-state index is 0.341. The topological polar surface area (TPSA) is 82.4 Å². The summed E-state index contributed by atoms with van der Waals surface area (Å²) in [6, 6.07) is 15.5. The molecule has 6 heteroatoms. The lowest BCUT2D eigenvalue weighted by Gasteiger charge is -2.15. The maximum Gasteiger partial charge on any atom is 0.338 e. The molecule has 0 aliphatic rings. The third-order valence-electron chi connectivity index (χ3n) is 3.58. The van der Waals surface area contributed by atoms with Crippen molar-refractivity contribution in [3.05, 3.63) is 59.7 Å². The van der Waals surface area contributed by atoms with Gasteiger partial charge in [-0.25, -0.2) is 4.79 Å². The van der Waals surface area contributed by atoms with Gasteiger partial charge >= 0.3 is 5.97 Å². The van der Waals surface area contributed by atoms with E-state index in [9.17, 15) is 9.59 Å². The molecule has 1 atom stereocenters. The van der Waals surface area contributed by atoms with Crippen LogP contribution in [0.2, 0.25) is 0 Å². The highest BCUT2D eigenvalue weighted by atomic mass is 16.5. The molecular formula is C19H19N3O3. The van der Waals surface area contributed by atoms with Crippen molar-refractivity contribution in [2.75, 3.05) is 24.3 Å². The Morgan fingerprint density at radius 1 is 1.12 bits per heavy atom. The number of hydrogen-bond donors (Lipinski definition) is 1. The number of anilines is 2. The van der Waals surface area contributed by atoms with Crippen molar-refractivity contribution < 1.29 is 14.3 Å². The summed E-state index contributed by atoms with van der Waals surface area (Å²) in [5.74, 6) is -1.08. The number of benzene rings is 2. The number of esters is 1. The molecule has 2 rings (SSSR count). The second-order valence-electron chi connectivity index (χ2n) is 5.64. The lowest BCUT2D eigenvalue weighted by atomic mass is 10.2. The molecule has 1 amide bonds. The van der Waals surface area contributed by atoms with Gasteiger partial charge in [-0.3, -0.25) is 4.79 Å². The average Bonchev–Trinajstić information content (AvgIpc) is 2.62. The van der Waals surface area contributed by atoms with Crippen LogP contribution in [0.15, 0.2) is 48.5 Å². The van der Waals surface area contributed by atoms with Crippen LogP contribution < -0.4 is 10.2 Å². The molecule has 0 fully saturated rings. The molecular weight excluding hydrogens is 318 g/mol. The fourth-order valence-electron chi connectivity index (χ4n) is 2.10. The maximum atomic E-state index is 12.2. The van der Waals surface area contributed by atoms with Crippen molar-refractivity contribution in [2.24, 2.45) is 0 Å². The first-order valence-corrected chi connectivity index (χ1v) is 7.70. The highest BCUT2D eigenvalue weighted by molar-refractivity contribution is 5.98. The number of amides is 1. The number of nitriles is 1. The molecule has 25 heavy (non-hydrogen) atoms. The van der Waals surface area contributed by atoms with Crippen molar-refractivity contribution in [2.45, 2.75) is 13.0 Å². The molecule has 0 unspecified atom stereocenters. The number of rotatable bonds is 5. The van der Waals surface area contributed by atoms with Crippen LogP contribution in [-0.4, -0.2) is 32.1 Å². The van der Waals surface area contributed by atoms with E-state index in [-0.39, 0.29) is 0 Å². The zero-order valence-corrected chi connectivity index (χ0v) is 14.3. The van der Waals surface area contributed by atoms with Gasteiger partial charge in [0.1, 0.15) is 6.07 Å². The zero-order valence-electron chi connectivity index (χ0n) is 14.3. The third-order valence-corrected chi connectivity index (χ3v) is 3.58. The number of hydrogen-bond acceptors (Lipinski definition) is 5. The Hall–Kier alpha value is -3.33. The van der Waals surface area contributed by atoms with Gasteiger partial charge in [-0.05, 0) is 43.3 Å². The quantitative estimate of drug-likeness (QED) is 0.848. The number of ether oxygens (including phenoxy) is 1. The van der Waals surface area contributed by atoms with Gasteiger partial charge in [0.15, 0.2) is 6.10 Å². The Morgan fingerprint density at radius 2 is 1.76 bits per heavy atom. The number of para-hydroxylation sites is 1. The van der Waals surface area contributed by atoms with E-state index in [1.54, 1.807) is 48.5 Å². The van der Waals surface area contributed by atoms with Gasteiger partial charge in [0.25, 0.3) is 5.91 Å². The van der Waals surface area contributed by atoms with E-state index >= 15 is 0 Å². The van der Waals surface area contributed by atoms with Crippen LogP contribution in [0.25, 0.3) is 0 Å². The van der Waals surface area contributed by atoms with Crippen molar-refractivity contribution >= 4 is 23.3 Å². The van der Waals surface area contributed by atoms with Crippen molar-refractivity contribution in [1.82, 2.24) is 0 Å². The summed E-state index contributed by atoms with van der Waals surface area (Å²) in [5, 5.41) is 11.6. The highest BCUT2D eigenvalue weighted by Crippen LogP contribution is 2.16. The number of nitrogens with one attached hydrogen (secondary N) is 1. The summed E-state index contributed by atoms with van der Waals surface area (Å²) in [7, 11) is 3.80. The molecule has 0 aliphatic carbocycles. The van der Waals surface area contributed by atoms with Crippen LogP contribution in [-0.2, 0) is 9.53 Å². The second kappa shape index (κ2) is 7.97. The summed E-state index contributed by atoms with van der Waals surface area (Å²) in [4.78, 5) is 26.2. The largest absolute Gasteiger partial charge is 0.449 e. The Balaban J connectivity index is 2.00. The third kappa shape index (κ3) is 4.58. The van der Waals surface area contributed by atoms with Gasteiger partial charge in [-0.15, -0.1) is 0 Å². The molecule has 0 bridgehead atoms. The van der Waals surface area contributed by atoms with E-state index in [2.05, 4.69) is 5.32 Å². The van der Waals surface area contributed by atoms with Gasteiger partial charge in [-0.2, -0.15) is 5.26 Å². The molecule has 0 radical (unpaired) electrons. The van der Waals surface area contributed by atoms with Crippen molar-refractivity contribution in [1.29, 1.82) is 5.26 Å². The molecule has 2 aromatic rings. The molecule has 0 saturated heterocycles. The first-order chi connectivity index (χ1) is 11.9. The van der Waals surface area contributed by atoms with E-state index in [4.69, 9.17) is 10.00 Å². The lowest BCUT2D eigenvalue weighted by Crippen LogP contribution is -2.30. The Kier molecular flexibility index (Phi) is 5.75. The molecule has 0 heterocycles. The SMILES string of the molecule is C[C@H](OC(=O)c1ccc(N(C)C)cc1)C(=O)Nc1ccccc1C#N. The zero-order chi connectivity index (χ0) is 18.4. The van der Waals surface area contributed by atoms with E-state index in [0.29, 0.717) is 16.8 Å². The minimum atomic E-state index is -0.993. The van der Waals surface area contributed by atoms with Crippen molar-refractivity contribution in [3.8, 4) is 6.07 Å². The molecule has 6 nitrogen and oxygen atoms in total. The van der Waals surface area contributed by atoms with E-state index in [0.717, 1.165) is 5.69 Å². The van der Waals surface area contributed by atoms with Crippen LogP contribution in [0.4, 0.5) is 11.4 Å². The Bertz CT molecular complexity index is 807. The first-order valence-electron chi connectivity index (χ1n) is 7.70. The fourth-order valence-corrected chi connectivity index (χ4v) is 2.10. The van der Waals surface area contributed by atoms with Gasteiger partial charge < -0.3 is 15.0 Å². The van der Waals surface area contributed by atoms with Crippen LogP contribution in [0.3, 0.4) is 0 Å². The molecule has 0 aliphatic heterocycles. The number of carbonyl (C=O) groups excluding carboxylic acids is 2. The molecule has 0 aromatic heterocycles. The summed E-state index contributed by atoms with van der Waals surface area (Å²) in [6.07, 6.45) is -0.993. The highest BCUT2D eigenvalue weighted by Gasteiger charge is 2.20. The Labute approximate surface area is 146 Å². The van der Waals surface area contributed by atoms with Gasteiger partial charge in [0.2, 0.25) is 0 Å². The van der Waals surface area contributed by atoms with Crippen LogP contribution >= 0.6 is 0 Å². The predicted molar refractivity (Wildman–Crippen MR) is 95.4 cm³/mol. The van der Waals surface area contributed by atoms with Crippen LogP contribution in [0.5, 0.6) is 0 Å². The lowest BCUT2D eigenvalue weighted by molar-refractivity contribution is -0.123. The standard InChI is InChI=1S/C19H19N3O3/c1-13(18(23)21-17-7-5-4-6-15(17)12-20)25-19(24)14-8-10-16(11-9-14)22(2)3/h4-11,13H,1-3H3,(H,21,23)/t13-/m0/s1. The monoisotopic (exact) mass is 337 g/mol. The summed E-state index contributed by atoms with van der Waals surface area (Å²) in [5.41, 5.74) is 2.04. The van der Waals surface area contributed by atoms with E-state index < -0.39 is 18.0 Å². The molecule has 128 valence electrons. The van der Waals surface area contributed by atoms with Crippen molar-refractivity contribution in [3.63, 3.8) is 0 Å². The second-order valence-corrected chi connectivity index (χ2v) is 5.64. The predicted octanol–water partition coefficient (Wildman–Crippen LogP) is 2.81.